The van der Waals surface area contributed by atoms with Gasteiger partial charge in [-0.1, -0.05) is 0 Å². The Morgan fingerprint density at radius 3 is 2.82 bits per heavy atom. The molecule has 0 saturated carbocycles. The van der Waals surface area contributed by atoms with E-state index in [9.17, 15) is 4.79 Å². The number of carbonyl (C=O) groups is 1. The maximum atomic E-state index is 12.5. The average Bonchev–Trinajstić information content (AvgIpc) is 3.17. The number of rotatable bonds is 8. The Hall–Kier alpha value is -3.21. The zero-order chi connectivity index (χ0) is 20.3. The SMILES string of the molecule is CCn1nc(C)cc1NC(=O)Cn1cnc2c(NCCN(C)C)nc(N)nc21. The number of amides is 1. The van der Waals surface area contributed by atoms with Gasteiger partial charge in [-0.05, 0) is 27.9 Å². The predicted molar refractivity (Wildman–Crippen MR) is 108 cm³/mol. The number of nitrogen functional groups attached to an aromatic ring is 1. The van der Waals surface area contributed by atoms with Crippen LogP contribution in [0, 0.1) is 6.92 Å². The van der Waals surface area contributed by atoms with E-state index in [4.69, 9.17) is 5.73 Å². The molecule has 28 heavy (non-hydrogen) atoms. The summed E-state index contributed by atoms with van der Waals surface area (Å²) in [5.74, 6) is 1.15. The maximum absolute atomic E-state index is 12.5. The number of nitrogens with zero attached hydrogens (tertiary/aromatic N) is 7. The Labute approximate surface area is 163 Å². The van der Waals surface area contributed by atoms with Gasteiger partial charge in [0.15, 0.2) is 17.0 Å². The molecule has 0 atom stereocenters. The van der Waals surface area contributed by atoms with Crippen molar-refractivity contribution in [1.29, 1.82) is 0 Å². The molecule has 0 aromatic carbocycles. The number of anilines is 3. The third kappa shape index (κ3) is 4.36. The van der Waals surface area contributed by atoms with Crippen LogP contribution in [0.5, 0.6) is 0 Å². The van der Waals surface area contributed by atoms with Crippen molar-refractivity contribution in [3.05, 3.63) is 18.1 Å². The maximum Gasteiger partial charge on any atom is 0.245 e. The lowest BCUT2D eigenvalue weighted by Gasteiger charge is -2.11. The minimum atomic E-state index is -0.201. The van der Waals surface area contributed by atoms with Gasteiger partial charge >= 0.3 is 0 Å². The normalized spacial score (nSPS) is 11.3. The highest BCUT2D eigenvalue weighted by Crippen LogP contribution is 2.20. The van der Waals surface area contributed by atoms with Crippen LogP contribution >= 0.6 is 0 Å². The van der Waals surface area contributed by atoms with E-state index in [2.05, 4.69) is 35.6 Å². The third-order valence-electron chi connectivity index (χ3n) is 4.12. The number of fused-ring (bicyclic) bond motifs is 1. The molecule has 4 N–H and O–H groups in total. The number of nitrogens with two attached hydrogens (primary N) is 1. The Bertz CT molecular complexity index is 974. The molecule has 0 aliphatic heterocycles. The standard InChI is InChI=1S/C17H26N10O/c1-5-27-12(8-11(2)24-27)21-13(28)9-26-10-20-14-15(19-6-7-25(3)4)22-17(18)23-16(14)26/h8,10H,5-7,9H2,1-4H3,(H,21,28)(H3,18,19,22,23). The molecule has 0 radical (unpaired) electrons. The molecule has 0 aliphatic carbocycles. The van der Waals surface area contributed by atoms with E-state index >= 15 is 0 Å². The van der Waals surface area contributed by atoms with Gasteiger partial charge in [0, 0.05) is 25.7 Å². The molecule has 3 heterocycles. The Kier molecular flexibility index (Phi) is 5.73. The molecule has 3 aromatic rings. The van der Waals surface area contributed by atoms with Gasteiger partial charge in [-0.3, -0.25) is 4.79 Å². The molecule has 150 valence electrons. The van der Waals surface area contributed by atoms with Crippen molar-refractivity contribution in [3.63, 3.8) is 0 Å². The van der Waals surface area contributed by atoms with Crippen LogP contribution in [0.25, 0.3) is 11.2 Å². The molecule has 0 fully saturated rings. The number of nitrogens with one attached hydrogen (secondary N) is 2. The molecule has 3 aromatic heterocycles. The van der Waals surface area contributed by atoms with E-state index in [-0.39, 0.29) is 18.4 Å². The Morgan fingerprint density at radius 2 is 2.11 bits per heavy atom. The summed E-state index contributed by atoms with van der Waals surface area (Å²) in [5, 5.41) is 10.4. The van der Waals surface area contributed by atoms with Crippen molar-refractivity contribution < 1.29 is 4.79 Å². The molecule has 0 aliphatic rings. The second-order valence-electron chi connectivity index (χ2n) is 6.74. The topological polar surface area (TPSA) is 132 Å². The fraction of sp³-hybridized carbons (Fsp3) is 0.471. The summed E-state index contributed by atoms with van der Waals surface area (Å²) in [6, 6.07) is 1.83. The van der Waals surface area contributed by atoms with Crippen molar-refractivity contribution in [2.24, 2.45) is 0 Å². The van der Waals surface area contributed by atoms with Gasteiger partial charge < -0.3 is 25.8 Å². The molecule has 11 heteroatoms. The Balaban J connectivity index is 1.77. The van der Waals surface area contributed by atoms with E-state index < -0.39 is 0 Å². The van der Waals surface area contributed by atoms with Gasteiger partial charge in [-0.15, -0.1) is 0 Å². The summed E-state index contributed by atoms with van der Waals surface area (Å²) in [6.45, 7) is 6.10. The first-order valence-corrected chi connectivity index (χ1v) is 9.08. The van der Waals surface area contributed by atoms with Crippen molar-refractivity contribution in [3.8, 4) is 0 Å². The highest BCUT2D eigenvalue weighted by Gasteiger charge is 2.15. The summed E-state index contributed by atoms with van der Waals surface area (Å²) in [6.07, 6.45) is 1.57. The van der Waals surface area contributed by atoms with Crippen molar-refractivity contribution in [1.82, 2.24) is 34.2 Å². The van der Waals surface area contributed by atoms with Crippen molar-refractivity contribution in [2.45, 2.75) is 26.9 Å². The summed E-state index contributed by atoms with van der Waals surface area (Å²) < 4.78 is 3.39. The Morgan fingerprint density at radius 1 is 1.32 bits per heavy atom. The van der Waals surface area contributed by atoms with E-state index in [0.717, 1.165) is 12.2 Å². The van der Waals surface area contributed by atoms with Gasteiger partial charge in [0.25, 0.3) is 0 Å². The zero-order valence-corrected chi connectivity index (χ0v) is 16.6. The molecule has 0 spiro atoms. The van der Waals surface area contributed by atoms with E-state index in [0.29, 0.717) is 35.9 Å². The van der Waals surface area contributed by atoms with Gasteiger partial charge in [-0.25, -0.2) is 9.67 Å². The van der Waals surface area contributed by atoms with Crippen LogP contribution < -0.4 is 16.4 Å². The molecule has 0 saturated heterocycles. The average molecular weight is 386 g/mol. The number of likely N-dealkylation sites (N-methyl/N-ethyl adjacent to an activating group) is 1. The number of hydrogen-bond acceptors (Lipinski definition) is 8. The van der Waals surface area contributed by atoms with Gasteiger partial charge in [0.1, 0.15) is 12.4 Å². The van der Waals surface area contributed by atoms with Crippen LogP contribution in [0.4, 0.5) is 17.6 Å². The number of imidazole rings is 1. The summed E-state index contributed by atoms with van der Waals surface area (Å²) in [7, 11) is 3.98. The van der Waals surface area contributed by atoms with Crippen LogP contribution in [0.1, 0.15) is 12.6 Å². The highest BCUT2D eigenvalue weighted by atomic mass is 16.2. The van der Waals surface area contributed by atoms with Crippen LogP contribution in [0.2, 0.25) is 0 Å². The van der Waals surface area contributed by atoms with Gasteiger partial charge in [0.2, 0.25) is 11.9 Å². The molecule has 1 amide bonds. The highest BCUT2D eigenvalue weighted by molar-refractivity contribution is 5.91. The fourth-order valence-electron chi connectivity index (χ4n) is 2.82. The fourth-order valence-corrected chi connectivity index (χ4v) is 2.82. The minimum absolute atomic E-state index is 0.0536. The van der Waals surface area contributed by atoms with E-state index in [1.165, 1.54) is 0 Å². The van der Waals surface area contributed by atoms with Gasteiger partial charge in [0.05, 0.1) is 12.0 Å². The quantitative estimate of drug-likeness (QED) is 0.511. The summed E-state index contributed by atoms with van der Waals surface area (Å²) in [4.78, 5) is 27.4. The molecular weight excluding hydrogens is 360 g/mol. The number of hydrogen-bond donors (Lipinski definition) is 3. The number of carbonyl (C=O) groups excluding carboxylic acids is 1. The smallest absolute Gasteiger partial charge is 0.245 e. The second-order valence-corrected chi connectivity index (χ2v) is 6.74. The lowest BCUT2D eigenvalue weighted by molar-refractivity contribution is -0.116. The van der Waals surface area contributed by atoms with E-state index in [1.54, 1.807) is 15.6 Å². The molecule has 0 unspecified atom stereocenters. The molecule has 0 bridgehead atoms. The van der Waals surface area contributed by atoms with Crippen LogP contribution in [0.15, 0.2) is 12.4 Å². The van der Waals surface area contributed by atoms with E-state index in [1.807, 2.05) is 34.0 Å². The second kappa shape index (κ2) is 8.21. The monoisotopic (exact) mass is 386 g/mol. The third-order valence-corrected chi connectivity index (χ3v) is 4.12. The number of aryl methyl sites for hydroxylation is 2. The predicted octanol–water partition coefficient (Wildman–Crippen LogP) is 0.546. The first-order valence-electron chi connectivity index (χ1n) is 9.08. The first kappa shape index (κ1) is 19.5. The zero-order valence-electron chi connectivity index (χ0n) is 16.6. The minimum Gasteiger partial charge on any atom is -0.368 e. The largest absolute Gasteiger partial charge is 0.368 e. The number of aromatic nitrogens is 6. The van der Waals surface area contributed by atoms with Crippen LogP contribution in [-0.2, 0) is 17.9 Å². The van der Waals surface area contributed by atoms with Crippen molar-refractivity contribution >= 4 is 34.7 Å². The van der Waals surface area contributed by atoms with Gasteiger partial charge in [-0.2, -0.15) is 15.1 Å². The lowest BCUT2D eigenvalue weighted by atomic mass is 10.4. The molecular formula is C17H26N10O. The summed E-state index contributed by atoms with van der Waals surface area (Å²) >= 11 is 0. The summed E-state index contributed by atoms with van der Waals surface area (Å²) in [5.41, 5.74) is 7.79. The molecule has 11 nitrogen and oxygen atoms in total. The van der Waals surface area contributed by atoms with Crippen LogP contribution in [0.3, 0.4) is 0 Å². The van der Waals surface area contributed by atoms with Crippen LogP contribution in [-0.4, -0.2) is 67.3 Å². The molecule has 3 rings (SSSR count). The van der Waals surface area contributed by atoms with Crippen molar-refractivity contribution in [2.75, 3.05) is 43.6 Å². The lowest BCUT2D eigenvalue weighted by Crippen LogP contribution is -2.22. The first-order chi connectivity index (χ1) is 13.4.